The molecule has 0 unspecified atom stereocenters. The minimum Gasteiger partial charge on any atom is -0.371 e. The maximum atomic E-state index is 13.3. The third-order valence-electron chi connectivity index (χ3n) is 5.83. The molecule has 1 amide bonds. The summed E-state index contributed by atoms with van der Waals surface area (Å²) in [6, 6.07) is 18.7. The molecule has 0 bridgehead atoms. The summed E-state index contributed by atoms with van der Waals surface area (Å²) in [6.07, 6.45) is 7.11. The largest absolute Gasteiger partial charge is 0.371 e. The van der Waals surface area contributed by atoms with Crippen molar-refractivity contribution in [1.82, 2.24) is 10.3 Å². The monoisotopic (exact) mass is 432 g/mol. The van der Waals surface area contributed by atoms with Crippen molar-refractivity contribution in [3.05, 3.63) is 90.0 Å². The van der Waals surface area contributed by atoms with Crippen molar-refractivity contribution in [2.24, 2.45) is 0 Å². The molecule has 0 radical (unpaired) electrons. The first-order valence-electron chi connectivity index (χ1n) is 11.2. The highest BCUT2D eigenvalue weighted by atomic mass is 19.1. The van der Waals surface area contributed by atoms with Crippen LogP contribution in [0.25, 0.3) is 0 Å². The van der Waals surface area contributed by atoms with E-state index < -0.39 is 0 Å². The lowest BCUT2D eigenvalue weighted by molar-refractivity contribution is -0.115. The number of anilines is 2. The first-order chi connectivity index (χ1) is 15.7. The second kappa shape index (κ2) is 10.9. The van der Waals surface area contributed by atoms with Crippen LogP contribution < -0.4 is 15.5 Å². The summed E-state index contributed by atoms with van der Waals surface area (Å²) in [7, 11) is 0. The van der Waals surface area contributed by atoms with Gasteiger partial charge in [-0.05, 0) is 79.4 Å². The zero-order valence-electron chi connectivity index (χ0n) is 18.1. The molecule has 2 aromatic carbocycles. The van der Waals surface area contributed by atoms with E-state index in [2.05, 4.69) is 26.6 Å². The molecule has 166 valence electrons. The van der Waals surface area contributed by atoms with Gasteiger partial charge in [-0.2, -0.15) is 0 Å². The van der Waals surface area contributed by atoms with E-state index in [4.69, 9.17) is 0 Å². The molecule has 0 saturated carbocycles. The van der Waals surface area contributed by atoms with Crippen LogP contribution in [0.3, 0.4) is 0 Å². The number of halogens is 1. The van der Waals surface area contributed by atoms with Gasteiger partial charge in [-0.1, -0.05) is 18.2 Å². The standard InChI is InChI=1S/C26H29FN4O/c27-22-5-1-3-21(17-22)18-26(32)30-24-6-8-25(9-7-24)31-15-11-23(12-16-31)29-14-10-20-4-2-13-28-19-20/h1-9,13,17,19,23,29H,10-12,14-16,18H2,(H,30,32). The minimum atomic E-state index is -0.327. The number of benzene rings is 2. The fraction of sp³-hybridized carbons (Fsp3) is 0.308. The average Bonchev–Trinajstić information content (AvgIpc) is 2.81. The van der Waals surface area contributed by atoms with E-state index in [-0.39, 0.29) is 18.1 Å². The Balaban J connectivity index is 1.20. The molecular formula is C26H29FN4O. The fourth-order valence-electron chi connectivity index (χ4n) is 4.10. The Morgan fingerprint density at radius 2 is 1.81 bits per heavy atom. The molecule has 1 aliphatic rings. The van der Waals surface area contributed by atoms with Crippen molar-refractivity contribution in [3.8, 4) is 0 Å². The highest BCUT2D eigenvalue weighted by Gasteiger charge is 2.19. The number of carbonyl (C=O) groups excluding carboxylic acids is 1. The first-order valence-corrected chi connectivity index (χ1v) is 11.2. The van der Waals surface area contributed by atoms with Gasteiger partial charge in [0.05, 0.1) is 6.42 Å². The molecule has 6 heteroatoms. The number of rotatable bonds is 8. The molecule has 1 saturated heterocycles. The third-order valence-corrected chi connectivity index (χ3v) is 5.83. The fourth-order valence-corrected chi connectivity index (χ4v) is 4.10. The maximum absolute atomic E-state index is 13.3. The van der Waals surface area contributed by atoms with Gasteiger partial charge in [0.1, 0.15) is 5.82 Å². The third kappa shape index (κ3) is 6.37. The molecule has 0 spiro atoms. The van der Waals surface area contributed by atoms with E-state index >= 15 is 0 Å². The number of nitrogens with zero attached hydrogens (tertiary/aromatic N) is 2. The lowest BCUT2D eigenvalue weighted by Gasteiger charge is -2.34. The van der Waals surface area contributed by atoms with E-state index in [9.17, 15) is 9.18 Å². The van der Waals surface area contributed by atoms with Gasteiger partial charge in [-0.15, -0.1) is 0 Å². The summed E-state index contributed by atoms with van der Waals surface area (Å²) < 4.78 is 13.3. The lowest BCUT2D eigenvalue weighted by atomic mass is 10.0. The summed E-state index contributed by atoms with van der Waals surface area (Å²) >= 11 is 0. The van der Waals surface area contributed by atoms with E-state index in [1.54, 1.807) is 18.3 Å². The first kappa shape index (κ1) is 22.0. The molecule has 3 aromatic rings. The van der Waals surface area contributed by atoms with Crippen LogP contribution in [0.2, 0.25) is 0 Å². The van der Waals surface area contributed by atoms with Crippen LogP contribution >= 0.6 is 0 Å². The Kier molecular flexibility index (Phi) is 7.46. The lowest BCUT2D eigenvalue weighted by Crippen LogP contribution is -2.43. The number of pyridine rings is 1. The molecule has 1 aliphatic heterocycles. The van der Waals surface area contributed by atoms with Crippen molar-refractivity contribution in [2.45, 2.75) is 31.7 Å². The van der Waals surface area contributed by atoms with Crippen LogP contribution in [0.15, 0.2) is 73.1 Å². The number of hydrogen-bond acceptors (Lipinski definition) is 4. The van der Waals surface area contributed by atoms with E-state index in [1.165, 1.54) is 23.4 Å². The zero-order chi connectivity index (χ0) is 22.2. The Bertz CT molecular complexity index is 1000. The van der Waals surface area contributed by atoms with Crippen LogP contribution in [-0.4, -0.2) is 36.6 Å². The minimum absolute atomic E-state index is 0.151. The molecule has 32 heavy (non-hydrogen) atoms. The highest BCUT2D eigenvalue weighted by Crippen LogP contribution is 2.22. The quantitative estimate of drug-likeness (QED) is 0.560. The predicted octanol–water partition coefficient (Wildman–Crippen LogP) is 4.20. The summed E-state index contributed by atoms with van der Waals surface area (Å²) in [6.45, 7) is 2.99. The van der Waals surface area contributed by atoms with E-state index in [0.717, 1.165) is 44.6 Å². The summed E-state index contributed by atoms with van der Waals surface area (Å²) in [5, 5.41) is 6.56. The number of carbonyl (C=O) groups is 1. The zero-order valence-corrected chi connectivity index (χ0v) is 18.1. The number of amides is 1. The van der Waals surface area contributed by atoms with Crippen LogP contribution in [0.1, 0.15) is 24.0 Å². The summed E-state index contributed by atoms with van der Waals surface area (Å²) in [5.41, 5.74) is 3.85. The molecule has 1 aromatic heterocycles. The summed E-state index contributed by atoms with van der Waals surface area (Å²) in [5.74, 6) is -0.478. The van der Waals surface area contributed by atoms with Gasteiger partial charge in [0.25, 0.3) is 0 Å². The molecule has 0 aliphatic carbocycles. The van der Waals surface area contributed by atoms with Crippen LogP contribution in [-0.2, 0) is 17.6 Å². The Morgan fingerprint density at radius 1 is 1.03 bits per heavy atom. The molecule has 2 heterocycles. The number of hydrogen-bond donors (Lipinski definition) is 2. The van der Waals surface area contributed by atoms with Crippen molar-refractivity contribution in [2.75, 3.05) is 29.9 Å². The Labute approximate surface area is 188 Å². The Morgan fingerprint density at radius 3 is 2.53 bits per heavy atom. The van der Waals surface area contributed by atoms with Gasteiger partial charge in [0.2, 0.25) is 5.91 Å². The number of aromatic nitrogens is 1. The van der Waals surface area contributed by atoms with Gasteiger partial charge in [0.15, 0.2) is 0 Å². The van der Waals surface area contributed by atoms with Crippen molar-refractivity contribution >= 4 is 17.3 Å². The van der Waals surface area contributed by atoms with Crippen molar-refractivity contribution in [3.63, 3.8) is 0 Å². The van der Waals surface area contributed by atoms with Crippen LogP contribution in [0.4, 0.5) is 15.8 Å². The number of nitrogens with one attached hydrogen (secondary N) is 2. The van der Waals surface area contributed by atoms with Gasteiger partial charge >= 0.3 is 0 Å². The smallest absolute Gasteiger partial charge is 0.228 e. The molecule has 0 atom stereocenters. The Hall–Kier alpha value is -3.25. The van der Waals surface area contributed by atoms with Crippen LogP contribution in [0, 0.1) is 5.82 Å². The summed E-state index contributed by atoms with van der Waals surface area (Å²) in [4.78, 5) is 18.8. The topological polar surface area (TPSA) is 57.3 Å². The second-order valence-corrected chi connectivity index (χ2v) is 8.23. The van der Waals surface area contributed by atoms with Crippen LogP contribution in [0.5, 0.6) is 0 Å². The second-order valence-electron chi connectivity index (χ2n) is 8.23. The molecule has 1 fully saturated rings. The molecule has 2 N–H and O–H groups in total. The molecule has 4 rings (SSSR count). The van der Waals surface area contributed by atoms with Gasteiger partial charge in [0, 0.05) is 42.9 Å². The number of piperidine rings is 1. The molecular weight excluding hydrogens is 403 g/mol. The van der Waals surface area contributed by atoms with Crippen molar-refractivity contribution < 1.29 is 9.18 Å². The normalized spacial score (nSPS) is 14.3. The average molecular weight is 433 g/mol. The van der Waals surface area contributed by atoms with Gasteiger partial charge in [-0.25, -0.2) is 4.39 Å². The van der Waals surface area contributed by atoms with E-state index in [0.29, 0.717) is 11.6 Å². The highest BCUT2D eigenvalue weighted by molar-refractivity contribution is 5.92. The SMILES string of the molecule is O=C(Cc1cccc(F)c1)Nc1ccc(N2CCC(NCCc3cccnc3)CC2)cc1. The maximum Gasteiger partial charge on any atom is 0.228 e. The van der Waals surface area contributed by atoms with Crippen molar-refractivity contribution in [1.29, 1.82) is 0 Å². The molecule has 5 nitrogen and oxygen atoms in total. The van der Waals surface area contributed by atoms with Gasteiger partial charge in [-0.3, -0.25) is 9.78 Å². The predicted molar refractivity (Wildman–Crippen MR) is 126 cm³/mol. The van der Waals surface area contributed by atoms with E-state index in [1.807, 2.05) is 36.5 Å². The van der Waals surface area contributed by atoms with Gasteiger partial charge < -0.3 is 15.5 Å².